The first-order valence-corrected chi connectivity index (χ1v) is 17.4. The number of rotatable bonds is 5. The van der Waals surface area contributed by atoms with Gasteiger partial charge in [0.25, 0.3) is 0 Å². The molecule has 0 amide bonds. The van der Waals surface area contributed by atoms with Crippen molar-refractivity contribution < 1.29 is 4.42 Å². The number of fused-ring (bicyclic) bond motifs is 6. The molecule has 0 N–H and O–H groups in total. The molecule has 5 heteroatoms. The molecule has 3 heterocycles. The predicted octanol–water partition coefficient (Wildman–Crippen LogP) is 12.5. The molecule has 0 fully saturated rings. The number of furan rings is 1. The summed E-state index contributed by atoms with van der Waals surface area (Å²) < 4.78 is 9.13. The minimum absolute atomic E-state index is 0.569. The predicted molar refractivity (Wildman–Crippen MR) is 207 cm³/mol. The van der Waals surface area contributed by atoms with E-state index in [0.29, 0.717) is 17.5 Å². The van der Waals surface area contributed by atoms with Gasteiger partial charge in [0.05, 0.1) is 5.56 Å². The zero-order chi connectivity index (χ0) is 33.0. The highest BCUT2D eigenvalue weighted by atomic mass is 32.1. The summed E-state index contributed by atoms with van der Waals surface area (Å²) in [6.45, 7) is 0. The molecule has 0 saturated carbocycles. The van der Waals surface area contributed by atoms with E-state index in [2.05, 4.69) is 115 Å². The molecule has 3 aromatic heterocycles. The van der Waals surface area contributed by atoms with Gasteiger partial charge in [0.15, 0.2) is 17.5 Å². The van der Waals surface area contributed by atoms with Gasteiger partial charge in [0.2, 0.25) is 0 Å². The lowest BCUT2D eigenvalue weighted by Crippen LogP contribution is -2.00. The summed E-state index contributed by atoms with van der Waals surface area (Å²) in [5.74, 6) is 1.80. The van der Waals surface area contributed by atoms with Crippen LogP contribution >= 0.6 is 11.3 Å². The van der Waals surface area contributed by atoms with Crippen LogP contribution in [0.15, 0.2) is 168 Å². The van der Waals surface area contributed by atoms with Gasteiger partial charge in [-0.15, -0.1) is 11.3 Å². The number of nitrogens with zero attached hydrogens (tertiary/aromatic N) is 3. The van der Waals surface area contributed by atoms with Crippen molar-refractivity contribution in [3.8, 4) is 56.4 Å². The second kappa shape index (κ2) is 11.6. The number of benzene rings is 7. The molecule has 50 heavy (non-hydrogen) atoms. The van der Waals surface area contributed by atoms with Crippen LogP contribution < -0.4 is 0 Å². The van der Waals surface area contributed by atoms with E-state index < -0.39 is 0 Å². The van der Waals surface area contributed by atoms with Crippen molar-refractivity contribution in [2.45, 2.75) is 0 Å². The maximum atomic E-state index is 6.64. The van der Waals surface area contributed by atoms with E-state index in [1.165, 1.54) is 31.3 Å². The Morgan fingerprint density at radius 3 is 1.68 bits per heavy atom. The van der Waals surface area contributed by atoms with E-state index in [9.17, 15) is 0 Å². The first-order valence-electron chi connectivity index (χ1n) is 16.6. The van der Waals surface area contributed by atoms with Gasteiger partial charge in [-0.25, -0.2) is 15.0 Å². The van der Waals surface area contributed by atoms with Gasteiger partial charge in [-0.3, -0.25) is 0 Å². The zero-order valence-corrected chi connectivity index (χ0v) is 27.6. The standard InChI is InChI=1S/C45H27N3OS/c1-4-13-28(14-5-1)32-19-11-23-37-40(32)34-21-10-22-35(42(34)49-37)45-47-43(30-17-8-3-9-18-30)46-44(48-45)31-25-26-38-36(27-31)41-33(20-12-24-39(41)50-38)29-15-6-2-7-16-29/h1-27H. The Balaban J connectivity index is 1.20. The van der Waals surface area contributed by atoms with Crippen molar-refractivity contribution >= 4 is 53.4 Å². The second-order valence-corrected chi connectivity index (χ2v) is 13.4. The maximum Gasteiger partial charge on any atom is 0.167 e. The Hall–Kier alpha value is -6.43. The molecule has 0 unspecified atom stereocenters. The van der Waals surface area contributed by atoms with E-state index in [0.717, 1.165) is 49.8 Å². The molecule has 0 aliphatic carbocycles. The van der Waals surface area contributed by atoms with Crippen molar-refractivity contribution in [3.63, 3.8) is 0 Å². The van der Waals surface area contributed by atoms with Crippen LogP contribution in [0.1, 0.15) is 0 Å². The van der Waals surface area contributed by atoms with Gasteiger partial charge in [-0.1, -0.05) is 127 Å². The normalized spacial score (nSPS) is 11.6. The lowest BCUT2D eigenvalue weighted by atomic mass is 9.98. The summed E-state index contributed by atoms with van der Waals surface area (Å²) in [5, 5.41) is 4.55. The van der Waals surface area contributed by atoms with Gasteiger partial charge in [-0.2, -0.15) is 0 Å². The molecule has 0 radical (unpaired) electrons. The topological polar surface area (TPSA) is 51.8 Å². The zero-order valence-electron chi connectivity index (χ0n) is 26.7. The van der Waals surface area contributed by atoms with Crippen LogP contribution in [0.25, 0.3) is 98.5 Å². The summed E-state index contributed by atoms with van der Waals surface area (Å²) in [6, 6.07) is 56.7. The lowest BCUT2D eigenvalue weighted by molar-refractivity contribution is 0.669. The van der Waals surface area contributed by atoms with Crippen molar-refractivity contribution in [1.82, 2.24) is 15.0 Å². The van der Waals surface area contributed by atoms with Crippen LogP contribution in [0.3, 0.4) is 0 Å². The summed E-state index contributed by atoms with van der Waals surface area (Å²) in [6.07, 6.45) is 0. The molecule has 7 aromatic carbocycles. The number of hydrogen-bond acceptors (Lipinski definition) is 5. The third-order valence-electron chi connectivity index (χ3n) is 9.35. The highest BCUT2D eigenvalue weighted by Gasteiger charge is 2.20. The third kappa shape index (κ3) is 4.71. The Kier molecular flexibility index (Phi) is 6.64. The second-order valence-electron chi connectivity index (χ2n) is 12.4. The van der Waals surface area contributed by atoms with Gasteiger partial charge in [0, 0.05) is 42.1 Å². The fraction of sp³-hybridized carbons (Fsp3) is 0. The molecule has 234 valence electrons. The largest absolute Gasteiger partial charge is 0.455 e. The molecule has 10 rings (SSSR count). The van der Waals surface area contributed by atoms with Crippen LogP contribution in [-0.2, 0) is 0 Å². The van der Waals surface area contributed by atoms with E-state index >= 15 is 0 Å². The van der Waals surface area contributed by atoms with Crippen LogP contribution in [0.5, 0.6) is 0 Å². The minimum Gasteiger partial charge on any atom is -0.455 e. The Bertz CT molecular complexity index is 2860. The van der Waals surface area contributed by atoms with Gasteiger partial charge in [-0.05, 0) is 58.7 Å². The molecular formula is C45H27N3OS. The van der Waals surface area contributed by atoms with Gasteiger partial charge < -0.3 is 4.42 Å². The van der Waals surface area contributed by atoms with Gasteiger partial charge >= 0.3 is 0 Å². The number of thiophene rings is 1. The molecule has 0 aliphatic rings. The fourth-order valence-electron chi connectivity index (χ4n) is 7.05. The summed E-state index contributed by atoms with van der Waals surface area (Å²) in [5.41, 5.74) is 8.97. The molecule has 0 saturated heterocycles. The van der Waals surface area contributed by atoms with Crippen molar-refractivity contribution in [2.24, 2.45) is 0 Å². The van der Waals surface area contributed by atoms with E-state index in [4.69, 9.17) is 19.4 Å². The highest BCUT2D eigenvalue weighted by molar-refractivity contribution is 7.26. The summed E-state index contributed by atoms with van der Waals surface area (Å²) >= 11 is 1.81. The average Bonchev–Trinajstić information content (AvgIpc) is 3.77. The van der Waals surface area contributed by atoms with Crippen molar-refractivity contribution in [2.75, 3.05) is 0 Å². The van der Waals surface area contributed by atoms with E-state index in [-0.39, 0.29) is 0 Å². The van der Waals surface area contributed by atoms with Crippen LogP contribution in [0.4, 0.5) is 0 Å². The number of para-hydroxylation sites is 1. The molecule has 0 aliphatic heterocycles. The summed E-state index contributed by atoms with van der Waals surface area (Å²) in [4.78, 5) is 15.3. The molecule has 0 atom stereocenters. The van der Waals surface area contributed by atoms with Crippen molar-refractivity contribution in [1.29, 1.82) is 0 Å². The maximum absolute atomic E-state index is 6.64. The smallest absolute Gasteiger partial charge is 0.167 e. The third-order valence-corrected chi connectivity index (χ3v) is 10.5. The van der Waals surface area contributed by atoms with Crippen LogP contribution in [0, 0.1) is 0 Å². The fourth-order valence-corrected chi connectivity index (χ4v) is 8.16. The van der Waals surface area contributed by atoms with Crippen LogP contribution in [-0.4, -0.2) is 15.0 Å². The van der Waals surface area contributed by atoms with Crippen LogP contribution in [0.2, 0.25) is 0 Å². The molecular weight excluding hydrogens is 631 g/mol. The Morgan fingerprint density at radius 2 is 0.960 bits per heavy atom. The lowest BCUT2D eigenvalue weighted by Gasteiger charge is -2.09. The van der Waals surface area contributed by atoms with E-state index in [1.54, 1.807) is 0 Å². The Morgan fingerprint density at radius 1 is 0.380 bits per heavy atom. The SMILES string of the molecule is c1ccc(-c2nc(-c3ccc4sc5cccc(-c6ccccc6)c5c4c3)nc(-c3cccc4c3oc3cccc(-c5ccccc5)c34)n2)cc1. The average molecular weight is 658 g/mol. The number of aromatic nitrogens is 3. The molecule has 0 bridgehead atoms. The minimum atomic E-state index is 0.569. The molecule has 10 aromatic rings. The quantitative estimate of drug-likeness (QED) is 0.185. The van der Waals surface area contributed by atoms with Crippen molar-refractivity contribution in [3.05, 3.63) is 164 Å². The van der Waals surface area contributed by atoms with E-state index in [1.807, 2.05) is 59.9 Å². The molecule has 0 spiro atoms. The molecule has 4 nitrogen and oxygen atoms in total. The summed E-state index contributed by atoms with van der Waals surface area (Å²) in [7, 11) is 0. The number of hydrogen-bond donors (Lipinski definition) is 0. The van der Waals surface area contributed by atoms with Gasteiger partial charge in [0.1, 0.15) is 11.2 Å². The monoisotopic (exact) mass is 657 g/mol. The first kappa shape index (κ1) is 28.6. The highest BCUT2D eigenvalue weighted by Crippen LogP contribution is 2.43. The first-order chi connectivity index (χ1) is 24.8. The Labute approximate surface area is 292 Å².